The van der Waals surface area contributed by atoms with Crippen LogP contribution in [0.15, 0.2) is 17.0 Å². The van der Waals surface area contributed by atoms with Crippen LogP contribution in [0.4, 0.5) is 5.69 Å². The van der Waals surface area contributed by atoms with E-state index in [1.807, 2.05) is 13.8 Å². The van der Waals surface area contributed by atoms with Crippen LogP contribution in [0.2, 0.25) is 0 Å². The summed E-state index contributed by atoms with van der Waals surface area (Å²) in [7, 11) is -8.39. The third kappa shape index (κ3) is 3.33. The molecule has 0 fully saturated rings. The van der Waals surface area contributed by atoms with E-state index >= 15 is 0 Å². The Morgan fingerprint density at radius 1 is 1.15 bits per heavy atom. The third-order valence-corrected chi connectivity index (χ3v) is 7.38. The topological polar surface area (TPSA) is 112 Å². The number of benzene rings is 1. The predicted octanol–water partition coefficient (Wildman–Crippen LogP) is 2.31. The van der Waals surface area contributed by atoms with E-state index in [1.165, 1.54) is 6.07 Å². The van der Waals surface area contributed by atoms with Crippen molar-refractivity contribution < 1.29 is 30.5 Å². The second-order valence-electron chi connectivity index (χ2n) is 7.34. The van der Waals surface area contributed by atoms with Crippen LogP contribution in [0.25, 0.3) is 0 Å². The molecule has 1 unspecified atom stereocenters. The molecule has 0 spiro atoms. The van der Waals surface area contributed by atoms with Crippen molar-refractivity contribution >= 4 is 31.6 Å². The molecule has 1 aromatic rings. The van der Waals surface area contributed by atoms with E-state index < -0.39 is 25.7 Å². The second-order valence-corrected chi connectivity index (χ2v) is 10.3. The summed E-state index contributed by atoms with van der Waals surface area (Å²) >= 11 is 0. The fourth-order valence-electron chi connectivity index (χ4n) is 4.30. The molecule has 9 heteroatoms. The molecule has 2 aliphatic heterocycles. The van der Waals surface area contributed by atoms with Crippen LogP contribution in [0.1, 0.15) is 50.7 Å². The van der Waals surface area contributed by atoms with Gasteiger partial charge >= 0.3 is 0 Å². The molecule has 7 nitrogen and oxygen atoms in total. The van der Waals surface area contributed by atoms with Crippen molar-refractivity contribution in [1.82, 2.24) is 0 Å². The molecule has 0 bridgehead atoms. The third-order valence-electron chi connectivity index (χ3n) is 5.68. The Hall–Kier alpha value is -1.29. The molecule has 0 aromatic heterocycles. The first-order valence-corrected chi connectivity index (χ1v) is 11.7. The molecule has 2 N–H and O–H groups in total. The van der Waals surface area contributed by atoms with E-state index in [-0.39, 0.29) is 17.1 Å². The van der Waals surface area contributed by atoms with Crippen molar-refractivity contribution in [2.45, 2.75) is 56.3 Å². The molecule has 3 rings (SSSR count). The summed E-state index contributed by atoms with van der Waals surface area (Å²) in [5, 5.41) is 0. The Bertz CT molecular complexity index is 994. The van der Waals surface area contributed by atoms with Gasteiger partial charge in [0.25, 0.3) is 20.2 Å². The summed E-state index contributed by atoms with van der Waals surface area (Å²) < 4.78 is 66.6. The fraction of sp³-hybridized carbons (Fsp3) is 0.588. The van der Waals surface area contributed by atoms with Crippen LogP contribution in [0.5, 0.6) is 0 Å². The zero-order valence-corrected chi connectivity index (χ0v) is 16.5. The van der Waals surface area contributed by atoms with Gasteiger partial charge in [0.15, 0.2) is 5.71 Å². The van der Waals surface area contributed by atoms with Gasteiger partial charge in [0.1, 0.15) is 11.4 Å². The minimum atomic E-state index is -4.38. The minimum absolute atomic E-state index is 0.0720. The lowest BCUT2D eigenvalue weighted by Crippen LogP contribution is -2.32. The van der Waals surface area contributed by atoms with Gasteiger partial charge in [0.05, 0.1) is 16.7 Å². The van der Waals surface area contributed by atoms with Gasteiger partial charge in [-0.3, -0.25) is 9.11 Å². The Kier molecular flexibility index (Phi) is 4.79. The van der Waals surface area contributed by atoms with Gasteiger partial charge < -0.3 is 0 Å². The van der Waals surface area contributed by atoms with E-state index in [4.69, 9.17) is 4.55 Å². The van der Waals surface area contributed by atoms with Gasteiger partial charge in [-0.25, -0.2) is 0 Å². The van der Waals surface area contributed by atoms with Gasteiger partial charge in [-0.1, -0.05) is 12.5 Å². The van der Waals surface area contributed by atoms with Crippen LogP contribution >= 0.6 is 0 Å². The molecule has 144 valence electrons. The summed E-state index contributed by atoms with van der Waals surface area (Å²) in [5.41, 5.74) is 2.96. The Morgan fingerprint density at radius 3 is 2.46 bits per heavy atom. The quantitative estimate of drug-likeness (QED) is 0.429. The Morgan fingerprint density at radius 2 is 1.85 bits per heavy atom. The lowest BCUT2D eigenvalue weighted by Gasteiger charge is -2.24. The number of hydrogen-bond acceptors (Lipinski definition) is 4. The lowest BCUT2D eigenvalue weighted by molar-refractivity contribution is -0.444. The Balaban J connectivity index is 2.06. The maximum absolute atomic E-state index is 12.0. The van der Waals surface area contributed by atoms with Crippen molar-refractivity contribution in [2.75, 3.05) is 12.3 Å². The number of nitrogens with zero attached hydrogens (tertiary/aromatic N) is 1. The molecule has 0 saturated carbocycles. The normalized spacial score (nSPS) is 22.6. The van der Waals surface area contributed by atoms with E-state index in [2.05, 4.69) is 4.58 Å². The van der Waals surface area contributed by atoms with Crippen LogP contribution in [-0.4, -0.2) is 48.5 Å². The summed E-state index contributed by atoms with van der Waals surface area (Å²) in [5.74, 6) is -0.316. The van der Waals surface area contributed by atoms with Crippen molar-refractivity contribution in [2.24, 2.45) is 0 Å². The minimum Gasteiger partial charge on any atom is -0.286 e. The average molecular weight is 403 g/mol. The largest absolute Gasteiger partial charge is 0.295 e. The molecule has 0 amide bonds. The maximum Gasteiger partial charge on any atom is 0.295 e. The van der Waals surface area contributed by atoms with Crippen LogP contribution in [-0.2, 0) is 32.1 Å². The molecule has 0 radical (unpaired) electrons. The SMILES string of the molecule is CC1=[N+]2CCCc3ccc(S(=O)(=O)O)c(c32)C1(C)CCCCS(=O)(=O)O. The standard InChI is InChI=1S/C17H23NO6S2/c1-12-17(2,9-3-4-11-25(19,20)21)15-14(26(22,23)24)8-7-13-6-5-10-18(12)16(13)15/h7-8H,3-6,9-11H2,1-2H3,(H-,19,20,21,22,23,24)/p+1. The molecule has 26 heavy (non-hydrogen) atoms. The number of unbranched alkanes of at least 4 members (excludes halogenated alkanes) is 1. The van der Waals surface area contributed by atoms with Gasteiger partial charge in [-0.15, -0.1) is 0 Å². The zero-order chi connectivity index (χ0) is 19.3. The molecule has 2 aliphatic rings. The van der Waals surface area contributed by atoms with Gasteiger partial charge in [-0.05, 0) is 32.3 Å². The monoisotopic (exact) mass is 402 g/mol. The first-order valence-electron chi connectivity index (χ1n) is 8.66. The zero-order valence-electron chi connectivity index (χ0n) is 14.9. The molecule has 0 saturated heterocycles. The fourth-order valence-corrected chi connectivity index (χ4v) is 5.69. The molecular formula is C17H24NO6S2+. The molecule has 0 aliphatic carbocycles. The Labute approximate surface area is 154 Å². The van der Waals surface area contributed by atoms with Crippen molar-refractivity contribution in [1.29, 1.82) is 0 Å². The summed E-state index contributed by atoms with van der Waals surface area (Å²) in [6, 6.07) is 3.24. The summed E-state index contributed by atoms with van der Waals surface area (Å²) in [6.07, 6.45) is 3.16. The van der Waals surface area contributed by atoms with Gasteiger partial charge in [0, 0.05) is 18.9 Å². The van der Waals surface area contributed by atoms with E-state index in [0.29, 0.717) is 18.4 Å². The van der Waals surface area contributed by atoms with Crippen molar-refractivity contribution in [3.05, 3.63) is 23.3 Å². The number of rotatable bonds is 6. The van der Waals surface area contributed by atoms with Crippen LogP contribution in [0.3, 0.4) is 0 Å². The van der Waals surface area contributed by atoms with Crippen LogP contribution < -0.4 is 0 Å². The van der Waals surface area contributed by atoms with Gasteiger partial charge in [0.2, 0.25) is 5.69 Å². The highest BCUT2D eigenvalue weighted by atomic mass is 32.2. The predicted molar refractivity (Wildman–Crippen MR) is 97.7 cm³/mol. The highest BCUT2D eigenvalue weighted by molar-refractivity contribution is 7.86. The lowest BCUT2D eigenvalue weighted by atomic mass is 9.75. The smallest absolute Gasteiger partial charge is 0.286 e. The molecular weight excluding hydrogens is 378 g/mol. The van der Waals surface area contributed by atoms with E-state index in [0.717, 1.165) is 36.3 Å². The first-order chi connectivity index (χ1) is 12.0. The summed E-state index contributed by atoms with van der Waals surface area (Å²) in [4.78, 5) is -0.0720. The molecule has 2 heterocycles. The van der Waals surface area contributed by atoms with E-state index in [9.17, 15) is 21.4 Å². The molecule has 1 atom stereocenters. The van der Waals surface area contributed by atoms with E-state index in [1.54, 1.807) is 6.07 Å². The maximum atomic E-state index is 12.0. The van der Waals surface area contributed by atoms with Crippen LogP contribution in [0, 0.1) is 0 Å². The second kappa shape index (κ2) is 6.40. The average Bonchev–Trinajstić information content (AvgIpc) is 2.75. The number of aryl methyl sites for hydroxylation is 1. The summed E-state index contributed by atoms with van der Waals surface area (Å²) in [6.45, 7) is 4.70. The first kappa shape index (κ1) is 19.5. The van der Waals surface area contributed by atoms with Crippen molar-refractivity contribution in [3.8, 4) is 0 Å². The highest BCUT2D eigenvalue weighted by Crippen LogP contribution is 2.49. The number of hydrogen-bond donors (Lipinski definition) is 2. The van der Waals surface area contributed by atoms with Crippen molar-refractivity contribution in [3.63, 3.8) is 0 Å². The molecule has 1 aromatic carbocycles. The van der Waals surface area contributed by atoms with Gasteiger partial charge in [-0.2, -0.15) is 21.4 Å². The highest BCUT2D eigenvalue weighted by Gasteiger charge is 2.51.